The van der Waals surface area contributed by atoms with Crippen molar-refractivity contribution in [1.29, 1.82) is 0 Å². The third-order valence-electron chi connectivity index (χ3n) is 3.75. The van der Waals surface area contributed by atoms with E-state index in [4.69, 9.17) is 5.73 Å². The van der Waals surface area contributed by atoms with Crippen molar-refractivity contribution in [2.45, 2.75) is 64.8 Å². The number of hydrogen-bond acceptors (Lipinski definition) is 2. The predicted octanol–water partition coefficient (Wildman–Crippen LogP) is 4.48. The molecule has 3 N–H and O–H groups in total. The molecule has 0 saturated carbocycles. The molecule has 0 aliphatic rings. The molecule has 1 aromatic carbocycles. The first-order chi connectivity index (χ1) is 9.09. The molecule has 2 heteroatoms. The Morgan fingerprint density at radius 1 is 1.16 bits per heavy atom. The van der Waals surface area contributed by atoms with Gasteiger partial charge < -0.3 is 11.1 Å². The molecule has 1 unspecified atom stereocenters. The van der Waals surface area contributed by atoms with Crippen molar-refractivity contribution in [3.63, 3.8) is 0 Å². The summed E-state index contributed by atoms with van der Waals surface area (Å²) in [5.41, 5.74) is 8.45. The number of benzene rings is 1. The quantitative estimate of drug-likeness (QED) is 0.644. The smallest absolute Gasteiger partial charge is 0.0467 e. The standard InChI is InChI=1S/C17H30N2/c1-4-5-6-7-8-12-17(3,14-18)19-16-11-9-10-15(2)13-16/h9-11,13,19H,4-8,12,14,18H2,1-3H3. The molecule has 0 heterocycles. The number of unbranched alkanes of at least 4 members (excludes halogenated alkanes) is 4. The van der Waals surface area contributed by atoms with Gasteiger partial charge in [0.25, 0.3) is 0 Å². The molecule has 0 aromatic heterocycles. The Labute approximate surface area is 118 Å². The lowest BCUT2D eigenvalue weighted by atomic mass is 9.93. The Bertz CT molecular complexity index is 362. The number of rotatable bonds is 9. The lowest BCUT2D eigenvalue weighted by molar-refractivity contribution is 0.449. The normalized spacial score (nSPS) is 14.1. The van der Waals surface area contributed by atoms with Crippen molar-refractivity contribution in [1.82, 2.24) is 0 Å². The molecular formula is C17H30N2. The third kappa shape index (κ3) is 6.11. The lowest BCUT2D eigenvalue weighted by Gasteiger charge is -2.31. The molecule has 1 aromatic rings. The zero-order chi connectivity index (χ0) is 14.1. The first kappa shape index (κ1) is 16.0. The second-order valence-electron chi connectivity index (χ2n) is 5.92. The highest BCUT2D eigenvalue weighted by Gasteiger charge is 2.21. The highest BCUT2D eigenvalue weighted by atomic mass is 15.0. The minimum atomic E-state index is 0.0139. The van der Waals surface area contributed by atoms with Crippen LogP contribution < -0.4 is 11.1 Å². The van der Waals surface area contributed by atoms with Gasteiger partial charge in [-0.15, -0.1) is 0 Å². The van der Waals surface area contributed by atoms with Gasteiger partial charge in [-0.05, 0) is 38.0 Å². The second-order valence-corrected chi connectivity index (χ2v) is 5.92. The van der Waals surface area contributed by atoms with Gasteiger partial charge in [-0.1, -0.05) is 51.2 Å². The number of nitrogens with one attached hydrogen (secondary N) is 1. The van der Waals surface area contributed by atoms with Crippen LogP contribution in [-0.4, -0.2) is 12.1 Å². The minimum absolute atomic E-state index is 0.0139. The van der Waals surface area contributed by atoms with Crippen molar-refractivity contribution < 1.29 is 0 Å². The molecule has 0 radical (unpaired) electrons. The van der Waals surface area contributed by atoms with Gasteiger partial charge in [0.15, 0.2) is 0 Å². The van der Waals surface area contributed by atoms with E-state index in [2.05, 4.69) is 50.4 Å². The summed E-state index contributed by atoms with van der Waals surface area (Å²) in [6.45, 7) is 7.28. The van der Waals surface area contributed by atoms with Crippen LogP contribution in [0.3, 0.4) is 0 Å². The number of anilines is 1. The first-order valence-corrected chi connectivity index (χ1v) is 7.64. The molecule has 108 valence electrons. The first-order valence-electron chi connectivity index (χ1n) is 7.64. The third-order valence-corrected chi connectivity index (χ3v) is 3.75. The van der Waals surface area contributed by atoms with Crippen LogP contribution in [0.25, 0.3) is 0 Å². The average Bonchev–Trinajstić information content (AvgIpc) is 2.38. The number of nitrogens with two attached hydrogens (primary N) is 1. The van der Waals surface area contributed by atoms with Crippen LogP contribution in [-0.2, 0) is 0 Å². The summed E-state index contributed by atoms with van der Waals surface area (Å²) in [6, 6.07) is 8.52. The summed E-state index contributed by atoms with van der Waals surface area (Å²) < 4.78 is 0. The van der Waals surface area contributed by atoms with E-state index >= 15 is 0 Å². The molecule has 0 amide bonds. The van der Waals surface area contributed by atoms with E-state index in [1.54, 1.807) is 0 Å². The van der Waals surface area contributed by atoms with Gasteiger partial charge in [-0.3, -0.25) is 0 Å². The van der Waals surface area contributed by atoms with Gasteiger partial charge in [0.1, 0.15) is 0 Å². The van der Waals surface area contributed by atoms with E-state index in [1.807, 2.05) is 0 Å². The maximum Gasteiger partial charge on any atom is 0.0467 e. The van der Waals surface area contributed by atoms with Crippen LogP contribution in [0.15, 0.2) is 24.3 Å². The number of hydrogen-bond donors (Lipinski definition) is 2. The summed E-state index contributed by atoms with van der Waals surface area (Å²) in [5.74, 6) is 0. The molecule has 2 nitrogen and oxygen atoms in total. The highest BCUT2D eigenvalue weighted by molar-refractivity contribution is 5.47. The van der Waals surface area contributed by atoms with Gasteiger partial charge >= 0.3 is 0 Å². The summed E-state index contributed by atoms with van der Waals surface area (Å²) in [4.78, 5) is 0. The fourth-order valence-corrected chi connectivity index (χ4v) is 2.41. The van der Waals surface area contributed by atoms with Crippen LogP contribution >= 0.6 is 0 Å². The monoisotopic (exact) mass is 262 g/mol. The van der Waals surface area contributed by atoms with Crippen molar-refractivity contribution >= 4 is 5.69 Å². The predicted molar refractivity (Wildman–Crippen MR) is 85.6 cm³/mol. The summed E-state index contributed by atoms with van der Waals surface area (Å²) >= 11 is 0. The second kappa shape index (κ2) is 8.21. The van der Waals surface area contributed by atoms with Gasteiger partial charge in [0.05, 0.1) is 0 Å². The van der Waals surface area contributed by atoms with E-state index in [0.717, 1.165) is 6.42 Å². The van der Waals surface area contributed by atoms with Gasteiger partial charge in [-0.2, -0.15) is 0 Å². The lowest BCUT2D eigenvalue weighted by Crippen LogP contribution is -2.42. The van der Waals surface area contributed by atoms with Crippen LogP contribution in [0.4, 0.5) is 5.69 Å². The Morgan fingerprint density at radius 3 is 2.53 bits per heavy atom. The average molecular weight is 262 g/mol. The van der Waals surface area contributed by atoms with E-state index in [0.29, 0.717) is 6.54 Å². The molecule has 0 aliphatic carbocycles. The maximum absolute atomic E-state index is 5.97. The molecule has 0 spiro atoms. The maximum atomic E-state index is 5.97. The molecule has 0 saturated heterocycles. The minimum Gasteiger partial charge on any atom is -0.379 e. The van der Waals surface area contributed by atoms with E-state index in [1.165, 1.54) is 43.4 Å². The highest BCUT2D eigenvalue weighted by Crippen LogP contribution is 2.21. The Morgan fingerprint density at radius 2 is 1.89 bits per heavy atom. The molecule has 0 bridgehead atoms. The van der Waals surface area contributed by atoms with E-state index < -0.39 is 0 Å². The Balaban J connectivity index is 2.45. The zero-order valence-electron chi connectivity index (χ0n) is 12.8. The van der Waals surface area contributed by atoms with Gasteiger partial charge in [-0.25, -0.2) is 0 Å². The van der Waals surface area contributed by atoms with Gasteiger partial charge in [0.2, 0.25) is 0 Å². The fraction of sp³-hybridized carbons (Fsp3) is 0.647. The van der Waals surface area contributed by atoms with Crippen molar-refractivity contribution in [3.8, 4) is 0 Å². The Kier molecular flexibility index (Phi) is 6.93. The molecule has 0 fully saturated rings. The molecule has 0 aliphatic heterocycles. The van der Waals surface area contributed by atoms with Crippen molar-refractivity contribution in [2.75, 3.05) is 11.9 Å². The Hall–Kier alpha value is -1.02. The topological polar surface area (TPSA) is 38.0 Å². The molecule has 1 rings (SSSR count). The van der Waals surface area contributed by atoms with E-state index in [-0.39, 0.29) is 5.54 Å². The van der Waals surface area contributed by atoms with Gasteiger partial charge in [0, 0.05) is 17.8 Å². The van der Waals surface area contributed by atoms with Crippen LogP contribution in [0.2, 0.25) is 0 Å². The summed E-state index contributed by atoms with van der Waals surface area (Å²) in [6.07, 6.45) is 7.72. The van der Waals surface area contributed by atoms with Crippen LogP contribution in [0, 0.1) is 6.92 Å². The SMILES string of the molecule is CCCCCCCC(C)(CN)Nc1cccc(C)c1. The fourth-order valence-electron chi connectivity index (χ4n) is 2.41. The largest absolute Gasteiger partial charge is 0.379 e. The van der Waals surface area contributed by atoms with Crippen LogP contribution in [0.5, 0.6) is 0 Å². The van der Waals surface area contributed by atoms with E-state index in [9.17, 15) is 0 Å². The summed E-state index contributed by atoms with van der Waals surface area (Å²) in [5, 5.41) is 3.61. The zero-order valence-corrected chi connectivity index (χ0v) is 12.8. The van der Waals surface area contributed by atoms with Crippen LogP contribution in [0.1, 0.15) is 57.9 Å². The summed E-state index contributed by atoms with van der Waals surface area (Å²) in [7, 11) is 0. The molecule has 1 atom stereocenters. The van der Waals surface area contributed by atoms with Crippen molar-refractivity contribution in [2.24, 2.45) is 5.73 Å². The van der Waals surface area contributed by atoms with Crippen molar-refractivity contribution in [3.05, 3.63) is 29.8 Å². The number of aryl methyl sites for hydroxylation is 1. The molecular weight excluding hydrogens is 232 g/mol. The molecule has 19 heavy (non-hydrogen) atoms.